The topological polar surface area (TPSA) is 95.8 Å². The van der Waals surface area contributed by atoms with Crippen LogP contribution in [-0.4, -0.2) is 31.0 Å². The molecule has 3 aromatic rings. The maximum atomic E-state index is 12.3. The number of nitrogens with one attached hydrogen (secondary N) is 2. The Balaban J connectivity index is 1.85. The highest BCUT2D eigenvalue weighted by Gasteiger charge is 2.18. The fraction of sp³-hybridized carbons (Fsp3) is 0.267. The Morgan fingerprint density at radius 1 is 1.36 bits per heavy atom. The van der Waals surface area contributed by atoms with E-state index in [1.54, 1.807) is 29.1 Å². The van der Waals surface area contributed by atoms with Gasteiger partial charge in [0, 0.05) is 17.6 Å². The second kappa shape index (κ2) is 4.87. The molecule has 1 aromatic carbocycles. The van der Waals surface area contributed by atoms with Crippen LogP contribution in [0.15, 0.2) is 30.6 Å². The number of aromatic amines is 1. The van der Waals surface area contributed by atoms with Crippen LogP contribution in [0.3, 0.4) is 0 Å². The van der Waals surface area contributed by atoms with Crippen LogP contribution in [-0.2, 0) is 5.54 Å². The average Bonchev–Trinajstić information content (AvgIpc) is 3.05. The van der Waals surface area contributed by atoms with E-state index in [1.807, 2.05) is 20.8 Å². The molecule has 0 fully saturated rings. The minimum atomic E-state index is -0.281. The summed E-state index contributed by atoms with van der Waals surface area (Å²) in [5, 5.41) is 24.0. The molecule has 7 nitrogen and oxygen atoms in total. The van der Waals surface area contributed by atoms with Crippen molar-refractivity contribution in [1.82, 2.24) is 20.0 Å². The summed E-state index contributed by atoms with van der Waals surface area (Å²) in [6, 6.07) is 4.79. The Morgan fingerprint density at radius 3 is 2.82 bits per heavy atom. The SMILES string of the molecule is CC(C)(C)n1cc(C(=O)Nc2n[nH]c3cc(O)ccc23)cn1. The molecule has 1 amide bonds. The highest BCUT2D eigenvalue weighted by atomic mass is 16.3. The number of carbonyl (C=O) groups is 1. The van der Waals surface area contributed by atoms with Crippen LogP contribution in [0.1, 0.15) is 31.1 Å². The Hall–Kier alpha value is -2.83. The van der Waals surface area contributed by atoms with Crippen molar-refractivity contribution in [2.24, 2.45) is 0 Å². The zero-order valence-corrected chi connectivity index (χ0v) is 12.6. The lowest BCUT2D eigenvalue weighted by atomic mass is 10.1. The van der Waals surface area contributed by atoms with E-state index < -0.39 is 0 Å². The molecule has 3 rings (SSSR count). The quantitative estimate of drug-likeness (QED) is 0.677. The molecule has 22 heavy (non-hydrogen) atoms. The van der Waals surface area contributed by atoms with E-state index in [0.717, 1.165) is 5.39 Å². The molecule has 2 aromatic heterocycles. The molecular formula is C15H17N5O2. The summed E-state index contributed by atoms with van der Waals surface area (Å²) in [4.78, 5) is 12.3. The van der Waals surface area contributed by atoms with E-state index in [9.17, 15) is 9.90 Å². The number of fused-ring (bicyclic) bond motifs is 1. The summed E-state index contributed by atoms with van der Waals surface area (Å²) < 4.78 is 1.74. The molecular weight excluding hydrogens is 282 g/mol. The van der Waals surface area contributed by atoms with Crippen molar-refractivity contribution in [3.63, 3.8) is 0 Å². The van der Waals surface area contributed by atoms with Gasteiger partial charge in [0.2, 0.25) is 0 Å². The lowest BCUT2D eigenvalue weighted by molar-refractivity contribution is 0.102. The van der Waals surface area contributed by atoms with Crippen LogP contribution in [0.25, 0.3) is 10.9 Å². The van der Waals surface area contributed by atoms with Crippen molar-refractivity contribution in [2.75, 3.05) is 5.32 Å². The number of phenols is 1. The number of H-pyrrole nitrogens is 1. The minimum Gasteiger partial charge on any atom is -0.508 e. The van der Waals surface area contributed by atoms with Crippen LogP contribution in [0.2, 0.25) is 0 Å². The molecule has 0 radical (unpaired) electrons. The van der Waals surface area contributed by atoms with Gasteiger partial charge >= 0.3 is 0 Å². The third kappa shape index (κ3) is 2.52. The van der Waals surface area contributed by atoms with Gasteiger partial charge in [0.15, 0.2) is 5.82 Å². The third-order valence-corrected chi connectivity index (χ3v) is 3.31. The number of hydrogen-bond donors (Lipinski definition) is 3. The number of benzene rings is 1. The molecule has 7 heteroatoms. The molecule has 0 aliphatic heterocycles. The molecule has 2 heterocycles. The largest absolute Gasteiger partial charge is 0.508 e. The maximum absolute atomic E-state index is 12.3. The Kier molecular flexibility index (Phi) is 3.13. The number of carbonyl (C=O) groups excluding carboxylic acids is 1. The number of aromatic nitrogens is 4. The summed E-state index contributed by atoms with van der Waals surface area (Å²) in [5.74, 6) is 0.279. The predicted octanol–water partition coefficient (Wildman–Crippen LogP) is 2.47. The molecule has 0 bridgehead atoms. The van der Waals surface area contributed by atoms with Crippen molar-refractivity contribution in [2.45, 2.75) is 26.3 Å². The normalized spacial score (nSPS) is 11.8. The number of nitrogens with zero attached hydrogens (tertiary/aromatic N) is 3. The molecule has 0 saturated heterocycles. The molecule has 0 spiro atoms. The summed E-state index contributed by atoms with van der Waals surface area (Å²) in [7, 11) is 0. The van der Waals surface area contributed by atoms with Crippen molar-refractivity contribution in [1.29, 1.82) is 0 Å². The number of hydrogen-bond acceptors (Lipinski definition) is 4. The van der Waals surface area contributed by atoms with Gasteiger partial charge < -0.3 is 10.4 Å². The molecule has 0 saturated carbocycles. The highest BCUT2D eigenvalue weighted by molar-refractivity contribution is 6.07. The van der Waals surface area contributed by atoms with Crippen LogP contribution in [0.4, 0.5) is 5.82 Å². The zero-order valence-electron chi connectivity index (χ0n) is 12.6. The van der Waals surface area contributed by atoms with E-state index in [4.69, 9.17) is 0 Å². The van der Waals surface area contributed by atoms with Gasteiger partial charge in [-0.2, -0.15) is 10.2 Å². The second-order valence-electron chi connectivity index (χ2n) is 6.10. The minimum absolute atomic E-state index is 0.139. The highest BCUT2D eigenvalue weighted by Crippen LogP contribution is 2.24. The standard InChI is InChI=1S/C15H17N5O2/c1-15(2,3)20-8-9(7-16-20)14(22)17-13-11-5-4-10(21)6-12(11)18-19-13/h4-8,21H,1-3H3,(H2,17,18,19,22). The zero-order chi connectivity index (χ0) is 15.9. The summed E-state index contributed by atoms with van der Waals surface area (Å²) >= 11 is 0. The molecule has 0 aliphatic carbocycles. The monoisotopic (exact) mass is 299 g/mol. The first-order valence-corrected chi connectivity index (χ1v) is 6.88. The molecule has 114 valence electrons. The van der Waals surface area contributed by atoms with Gasteiger partial charge in [0.1, 0.15) is 5.75 Å². The van der Waals surface area contributed by atoms with E-state index in [2.05, 4.69) is 20.6 Å². The molecule has 0 atom stereocenters. The number of anilines is 1. The first kappa shape index (κ1) is 14.1. The van der Waals surface area contributed by atoms with Crippen LogP contribution in [0.5, 0.6) is 5.75 Å². The Morgan fingerprint density at radius 2 is 2.14 bits per heavy atom. The molecule has 3 N–H and O–H groups in total. The van der Waals surface area contributed by atoms with Crippen LogP contribution >= 0.6 is 0 Å². The maximum Gasteiger partial charge on any atom is 0.260 e. The van der Waals surface area contributed by atoms with Crippen molar-refractivity contribution < 1.29 is 9.90 Å². The van der Waals surface area contributed by atoms with Crippen LogP contribution in [0, 0.1) is 0 Å². The van der Waals surface area contributed by atoms with Crippen molar-refractivity contribution in [3.8, 4) is 5.75 Å². The van der Waals surface area contributed by atoms with Crippen molar-refractivity contribution in [3.05, 3.63) is 36.2 Å². The summed E-state index contributed by atoms with van der Waals surface area (Å²) in [6.45, 7) is 6.03. The summed E-state index contributed by atoms with van der Waals surface area (Å²) in [5.41, 5.74) is 0.931. The second-order valence-corrected chi connectivity index (χ2v) is 6.10. The average molecular weight is 299 g/mol. The van der Waals surface area contributed by atoms with Gasteiger partial charge in [-0.1, -0.05) is 0 Å². The number of phenolic OH excluding ortho intramolecular Hbond substituents is 1. The third-order valence-electron chi connectivity index (χ3n) is 3.31. The van der Waals surface area contributed by atoms with Crippen LogP contribution < -0.4 is 5.32 Å². The number of aromatic hydroxyl groups is 1. The molecule has 0 aliphatic rings. The molecule has 0 unspecified atom stereocenters. The van der Waals surface area contributed by atoms with E-state index in [-0.39, 0.29) is 17.2 Å². The predicted molar refractivity (Wildman–Crippen MR) is 82.9 cm³/mol. The first-order chi connectivity index (χ1) is 10.3. The van der Waals surface area contributed by atoms with E-state index in [0.29, 0.717) is 16.9 Å². The van der Waals surface area contributed by atoms with Crippen molar-refractivity contribution >= 4 is 22.6 Å². The van der Waals surface area contributed by atoms with Gasteiger partial charge in [0.05, 0.1) is 22.8 Å². The van der Waals surface area contributed by atoms with Gasteiger partial charge in [-0.3, -0.25) is 14.6 Å². The first-order valence-electron chi connectivity index (χ1n) is 6.88. The summed E-state index contributed by atoms with van der Waals surface area (Å²) in [6.07, 6.45) is 3.23. The number of amides is 1. The lowest BCUT2D eigenvalue weighted by Crippen LogP contribution is -2.22. The van der Waals surface area contributed by atoms with Gasteiger partial charge in [-0.15, -0.1) is 0 Å². The smallest absolute Gasteiger partial charge is 0.260 e. The fourth-order valence-corrected chi connectivity index (χ4v) is 2.09. The van der Waals surface area contributed by atoms with Gasteiger partial charge in [0.25, 0.3) is 5.91 Å². The van der Waals surface area contributed by atoms with E-state index in [1.165, 1.54) is 6.20 Å². The number of rotatable bonds is 2. The van der Waals surface area contributed by atoms with Gasteiger partial charge in [-0.05, 0) is 32.9 Å². The fourth-order valence-electron chi connectivity index (χ4n) is 2.09. The lowest BCUT2D eigenvalue weighted by Gasteiger charge is -2.18. The van der Waals surface area contributed by atoms with Gasteiger partial charge in [-0.25, -0.2) is 0 Å². The Bertz CT molecular complexity index is 841. The Labute approximate surface area is 127 Å². The van der Waals surface area contributed by atoms with E-state index >= 15 is 0 Å².